The second kappa shape index (κ2) is 7.29. The quantitative estimate of drug-likeness (QED) is 0.605. The first-order valence-electron chi connectivity index (χ1n) is 10.0. The molecule has 0 radical (unpaired) electrons. The number of rotatable bonds is 8. The van der Waals surface area contributed by atoms with Gasteiger partial charge in [-0.2, -0.15) is 0 Å². The summed E-state index contributed by atoms with van der Waals surface area (Å²) in [4.78, 5) is 0. The van der Waals surface area contributed by atoms with E-state index in [9.17, 15) is 10.2 Å². The second-order valence-electron chi connectivity index (χ2n) is 8.69. The smallest absolute Gasteiger partial charge is 0.119 e. The molecule has 1 aliphatic carbocycles. The molecule has 29 heavy (non-hydrogen) atoms. The van der Waals surface area contributed by atoms with Gasteiger partial charge in [0, 0.05) is 0 Å². The third-order valence-corrected chi connectivity index (χ3v) is 6.22. The maximum atomic E-state index is 9.55. The van der Waals surface area contributed by atoms with Crippen LogP contribution in [0.3, 0.4) is 0 Å². The van der Waals surface area contributed by atoms with Crippen molar-refractivity contribution in [1.82, 2.24) is 0 Å². The third-order valence-electron chi connectivity index (χ3n) is 6.22. The highest BCUT2D eigenvalue weighted by Crippen LogP contribution is 2.40. The Bertz CT molecular complexity index is 816. The van der Waals surface area contributed by atoms with Crippen LogP contribution in [0.2, 0.25) is 0 Å². The molecule has 2 aliphatic heterocycles. The van der Waals surface area contributed by atoms with E-state index in [1.165, 1.54) is 22.3 Å². The Morgan fingerprint density at radius 3 is 1.52 bits per heavy atom. The zero-order valence-electron chi connectivity index (χ0n) is 16.4. The van der Waals surface area contributed by atoms with E-state index >= 15 is 0 Å². The van der Waals surface area contributed by atoms with Crippen molar-refractivity contribution in [2.75, 3.05) is 52.9 Å². The number of aliphatic hydroxyl groups is 2. The molecule has 0 spiro atoms. The fourth-order valence-electron chi connectivity index (χ4n) is 4.04. The molecule has 154 valence electrons. The zero-order chi connectivity index (χ0) is 19.9. The molecule has 5 rings (SSSR count). The summed E-state index contributed by atoms with van der Waals surface area (Å²) in [6, 6.07) is 12.4. The highest BCUT2D eigenvalue weighted by molar-refractivity contribution is 5.78. The Morgan fingerprint density at radius 2 is 1.17 bits per heavy atom. The summed E-state index contributed by atoms with van der Waals surface area (Å²) in [5, 5.41) is 19.1. The SMILES string of the molecule is OCC1(COc2ccc3c(c2)Cc2cc(OCC4(CO)COC4)ccc2-3)COC1. The minimum atomic E-state index is -0.258. The van der Waals surface area contributed by atoms with Gasteiger partial charge in [-0.1, -0.05) is 12.1 Å². The van der Waals surface area contributed by atoms with Crippen LogP contribution in [0.25, 0.3) is 11.1 Å². The highest BCUT2D eigenvalue weighted by atomic mass is 16.5. The van der Waals surface area contributed by atoms with Crippen molar-refractivity contribution in [3.8, 4) is 22.6 Å². The predicted molar refractivity (Wildman–Crippen MR) is 106 cm³/mol. The van der Waals surface area contributed by atoms with Crippen LogP contribution in [0.1, 0.15) is 11.1 Å². The largest absolute Gasteiger partial charge is 0.493 e. The van der Waals surface area contributed by atoms with Crippen molar-refractivity contribution in [1.29, 1.82) is 0 Å². The molecule has 0 bridgehead atoms. The van der Waals surface area contributed by atoms with E-state index in [-0.39, 0.29) is 24.0 Å². The van der Waals surface area contributed by atoms with Crippen molar-refractivity contribution >= 4 is 0 Å². The lowest BCUT2D eigenvalue weighted by molar-refractivity contribution is -0.153. The predicted octanol–water partition coefficient (Wildman–Crippen LogP) is 2.03. The number of ether oxygens (including phenoxy) is 4. The van der Waals surface area contributed by atoms with E-state index in [2.05, 4.69) is 24.3 Å². The van der Waals surface area contributed by atoms with Gasteiger partial charge < -0.3 is 29.2 Å². The molecule has 0 amide bonds. The van der Waals surface area contributed by atoms with Crippen molar-refractivity contribution < 1.29 is 29.2 Å². The van der Waals surface area contributed by atoms with Crippen LogP contribution in [0, 0.1) is 10.8 Å². The van der Waals surface area contributed by atoms with Crippen LogP contribution in [0.4, 0.5) is 0 Å². The summed E-state index contributed by atoms with van der Waals surface area (Å²) in [5.41, 5.74) is 4.40. The molecular formula is C23H26O6. The van der Waals surface area contributed by atoms with Gasteiger partial charge in [0.05, 0.1) is 50.5 Å². The van der Waals surface area contributed by atoms with Crippen molar-refractivity contribution in [2.45, 2.75) is 6.42 Å². The van der Waals surface area contributed by atoms with Gasteiger partial charge in [-0.15, -0.1) is 0 Å². The summed E-state index contributed by atoms with van der Waals surface area (Å²) in [7, 11) is 0. The summed E-state index contributed by atoms with van der Waals surface area (Å²) >= 11 is 0. The molecule has 0 unspecified atom stereocenters. The van der Waals surface area contributed by atoms with Gasteiger partial charge in [0.2, 0.25) is 0 Å². The monoisotopic (exact) mass is 398 g/mol. The first kappa shape index (κ1) is 18.9. The van der Waals surface area contributed by atoms with E-state index < -0.39 is 0 Å². The molecule has 2 aromatic rings. The Labute approximate surface area is 170 Å². The Hall–Kier alpha value is -2.12. The van der Waals surface area contributed by atoms with E-state index in [1.54, 1.807) is 0 Å². The van der Waals surface area contributed by atoms with Crippen LogP contribution in [0.5, 0.6) is 11.5 Å². The Morgan fingerprint density at radius 1 is 0.724 bits per heavy atom. The average Bonchev–Trinajstić information content (AvgIpc) is 3.04. The van der Waals surface area contributed by atoms with Gasteiger partial charge in [-0.25, -0.2) is 0 Å². The standard InChI is InChI=1S/C23H26O6/c24-8-22(10-26-11-22)14-28-18-1-3-20-16(6-18)5-17-7-19(2-4-21(17)20)29-15-23(9-25)12-27-13-23/h1-4,6-7,24-25H,5,8-15H2. The van der Waals surface area contributed by atoms with Gasteiger partial charge >= 0.3 is 0 Å². The lowest BCUT2D eigenvalue weighted by Crippen LogP contribution is -2.49. The van der Waals surface area contributed by atoms with Crippen LogP contribution in [-0.4, -0.2) is 63.1 Å². The number of aliphatic hydroxyl groups excluding tert-OH is 2. The summed E-state index contributed by atoms with van der Waals surface area (Å²) in [6.07, 6.45) is 0.835. The maximum Gasteiger partial charge on any atom is 0.119 e. The molecule has 0 aromatic heterocycles. The van der Waals surface area contributed by atoms with Gasteiger partial charge in [-0.3, -0.25) is 0 Å². The molecule has 0 saturated carbocycles. The number of fused-ring (bicyclic) bond motifs is 3. The Kier molecular flexibility index (Phi) is 4.75. The van der Waals surface area contributed by atoms with E-state index in [1.807, 2.05) is 12.1 Å². The zero-order valence-corrected chi connectivity index (χ0v) is 16.4. The number of benzene rings is 2. The molecule has 6 nitrogen and oxygen atoms in total. The van der Waals surface area contributed by atoms with Gasteiger partial charge in [-0.05, 0) is 52.9 Å². The van der Waals surface area contributed by atoms with Crippen LogP contribution in [-0.2, 0) is 15.9 Å². The normalized spacial score (nSPS) is 20.2. The molecule has 2 heterocycles. The molecule has 3 aliphatic rings. The number of hydrogen-bond donors (Lipinski definition) is 2. The fraction of sp³-hybridized carbons (Fsp3) is 0.478. The minimum Gasteiger partial charge on any atom is -0.493 e. The molecule has 6 heteroatoms. The van der Waals surface area contributed by atoms with Gasteiger partial charge in [0.25, 0.3) is 0 Å². The van der Waals surface area contributed by atoms with E-state index in [4.69, 9.17) is 18.9 Å². The van der Waals surface area contributed by atoms with Crippen molar-refractivity contribution in [3.63, 3.8) is 0 Å². The second-order valence-corrected chi connectivity index (χ2v) is 8.69. The maximum absolute atomic E-state index is 9.55. The first-order chi connectivity index (χ1) is 14.1. The molecule has 2 aromatic carbocycles. The lowest BCUT2D eigenvalue weighted by atomic mass is 9.88. The average molecular weight is 398 g/mol. The lowest BCUT2D eigenvalue weighted by Gasteiger charge is -2.39. The van der Waals surface area contributed by atoms with Crippen molar-refractivity contribution in [3.05, 3.63) is 47.5 Å². The third kappa shape index (κ3) is 3.40. The Balaban J connectivity index is 1.26. The molecule has 2 N–H and O–H groups in total. The van der Waals surface area contributed by atoms with Crippen LogP contribution < -0.4 is 9.47 Å². The van der Waals surface area contributed by atoms with E-state index in [0.717, 1.165) is 17.9 Å². The minimum absolute atomic E-state index is 0.0792. The number of hydrogen-bond acceptors (Lipinski definition) is 6. The van der Waals surface area contributed by atoms with Gasteiger partial charge in [0.1, 0.15) is 24.7 Å². The van der Waals surface area contributed by atoms with E-state index in [0.29, 0.717) is 39.6 Å². The summed E-state index contributed by atoms with van der Waals surface area (Å²) < 4.78 is 22.4. The van der Waals surface area contributed by atoms with Crippen LogP contribution in [0.15, 0.2) is 36.4 Å². The molecule has 2 saturated heterocycles. The fourth-order valence-corrected chi connectivity index (χ4v) is 4.04. The first-order valence-corrected chi connectivity index (χ1v) is 10.0. The van der Waals surface area contributed by atoms with Crippen LogP contribution >= 0.6 is 0 Å². The molecule has 2 fully saturated rings. The summed E-state index contributed by atoms with van der Waals surface area (Å²) in [6.45, 7) is 3.27. The topological polar surface area (TPSA) is 77.4 Å². The highest BCUT2D eigenvalue weighted by Gasteiger charge is 2.40. The summed E-state index contributed by atoms with van der Waals surface area (Å²) in [5.74, 6) is 1.64. The van der Waals surface area contributed by atoms with Gasteiger partial charge in [0.15, 0.2) is 0 Å². The molecule has 0 atom stereocenters. The van der Waals surface area contributed by atoms with Crippen molar-refractivity contribution in [2.24, 2.45) is 10.8 Å². The molecular weight excluding hydrogens is 372 g/mol.